The van der Waals surface area contributed by atoms with Crippen LogP contribution in [0.1, 0.15) is 35.7 Å². The molecule has 4 rings (SSSR count). The van der Waals surface area contributed by atoms with Crippen LogP contribution in [0.3, 0.4) is 0 Å². The summed E-state index contributed by atoms with van der Waals surface area (Å²) in [6, 6.07) is 14.9. The number of aromatic nitrogens is 2. The van der Waals surface area contributed by atoms with Crippen molar-refractivity contribution in [2.75, 3.05) is 6.61 Å². The Bertz CT molecular complexity index is 1120. The van der Waals surface area contributed by atoms with Crippen molar-refractivity contribution < 1.29 is 14.3 Å². The molecular formula is C22H21N3O4. The number of amides is 1. The number of nitrogens with one attached hydrogen (secondary N) is 2. The molecule has 2 N–H and O–H groups in total. The first-order chi connectivity index (χ1) is 14.1. The third-order valence-electron chi connectivity index (χ3n) is 5.16. The molecule has 1 heterocycles. The second-order valence-corrected chi connectivity index (χ2v) is 7.09. The van der Waals surface area contributed by atoms with Gasteiger partial charge in [-0.15, -0.1) is 0 Å². The fraction of sp³-hybridized carbons (Fsp3) is 0.273. The molecule has 0 spiro atoms. The molecule has 0 unspecified atom stereocenters. The molecule has 0 saturated heterocycles. The summed E-state index contributed by atoms with van der Waals surface area (Å²) in [5.74, 6) is -0.909. The van der Waals surface area contributed by atoms with E-state index in [0.29, 0.717) is 16.5 Å². The van der Waals surface area contributed by atoms with Crippen LogP contribution in [-0.4, -0.2) is 28.7 Å². The van der Waals surface area contributed by atoms with Crippen LogP contribution in [0.2, 0.25) is 0 Å². The largest absolute Gasteiger partial charge is 0.455 e. The molecule has 1 amide bonds. The van der Waals surface area contributed by atoms with E-state index in [1.54, 1.807) is 24.3 Å². The Hall–Kier alpha value is -3.48. The SMILES string of the molecule is O=C(COC(=O)Cc1n[nH]c(=O)c2ccccc12)N[C@@H]1CCCc2ccccc21. The van der Waals surface area contributed by atoms with E-state index in [9.17, 15) is 14.4 Å². The molecule has 0 fully saturated rings. The summed E-state index contributed by atoms with van der Waals surface area (Å²) in [7, 11) is 0. The van der Waals surface area contributed by atoms with Crippen LogP contribution in [0.4, 0.5) is 0 Å². The highest BCUT2D eigenvalue weighted by molar-refractivity contribution is 5.87. The van der Waals surface area contributed by atoms with Crippen LogP contribution in [0.25, 0.3) is 10.8 Å². The molecule has 0 radical (unpaired) electrons. The lowest BCUT2D eigenvalue weighted by Gasteiger charge is -2.26. The number of hydrogen-bond donors (Lipinski definition) is 2. The van der Waals surface area contributed by atoms with E-state index in [1.165, 1.54) is 5.56 Å². The minimum absolute atomic E-state index is 0.0593. The second-order valence-electron chi connectivity index (χ2n) is 7.09. The number of nitrogens with zero attached hydrogens (tertiary/aromatic N) is 1. The third kappa shape index (κ3) is 4.18. The van der Waals surface area contributed by atoms with Gasteiger partial charge in [-0.2, -0.15) is 5.10 Å². The third-order valence-corrected chi connectivity index (χ3v) is 5.16. The predicted molar refractivity (Wildman–Crippen MR) is 107 cm³/mol. The molecule has 1 atom stereocenters. The molecule has 1 aliphatic rings. The van der Waals surface area contributed by atoms with Gasteiger partial charge in [-0.1, -0.05) is 42.5 Å². The van der Waals surface area contributed by atoms with Crippen molar-refractivity contribution in [1.29, 1.82) is 0 Å². The Labute approximate surface area is 167 Å². The number of hydrogen-bond acceptors (Lipinski definition) is 5. The number of H-pyrrole nitrogens is 1. The first kappa shape index (κ1) is 18.9. The van der Waals surface area contributed by atoms with Crippen LogP contribution in [0.5, 0.6) is 0 Å². The smallest absolute Gasteiger partial charge is 0.312 e. The highest BCUT2D eigenvalue weighted by Gasteiger charge is 2.22. The molecular weight excluding hydrogens is 370 g/mol. The summed E-state index contributed by atoms with van der Waals surface area (Å²) in [6.45, 7) is -0.348. The van der Waals surface area contributed by atoms with Gasteiger partial charge in [0.15, 0.2) is 6.61 Å². The number of esters is 1. The molecule has 148 valence electrons. The Kier molecular flexibility index (Phi) is 5.37. The average Bonchev–Trinajstić information content (AvgIpc) is 2.75. The van der Waals surface area contributed by atoms with Gasteiger partial charge in [-0.25, -0.2) is 5.10 Å². The van der Waals surface area contributed by atoms with Crippen molar-refractivity contribution >= 4 is 22.6 Å². The van der Waals surface area contributed by atoms with Crippen molar-refractivity contribution in [2.45, 2.75) is 31.7 Å². The van der Waals surface area contributed by atoms with Crippen molar-refractivity contribution in [3.05, 3.63) is 75.7 Å². The number of rotatable bonds is 5. The fourth-order valence-corrected chi connectivity index (χ4v) is 3.78. The Balaban J connectivity index is 1.36. The topological polar surface area (TPSA) is 101 Å². The number of carbonyl (C=O) groups excluding carboxylic acids is 2. The maximum Gasteiger partial charge on any atom is 0.312 e. The van der Waals surface area contributed by atoms with Crippen LogP contribution < -0.4 is 10.9 Å². The zero-order chi connectivity index (χ0) is 20.2. The quantitative estimate of drug-likeness (QED) is 0.650. The van der Waals surface area contributed by atoms with Crippen molar-refractivity contribution in [3.8, 4) is 0 Å². The molecule has 1 aliphatic carbocycles. The summed E-state index contributed by atoms with van der Waals surface area (Å²) < 4.78 is 5.13. The van der Waals surface area contributed by atoms with Crippen molar-refractivity contribution in [3.63, 3.8) is 0 Å². The van der Waals surface area contributed by atoms with E-state index in [-0.39, 0.29) is 30.5 Å². The molecule has 2 aromatic carbocycles. The maximum absolute atomic E-state index is 12.3. The van der Waals surface area contributed by atoms with E-state index in [0.717, 1.165) is 24.8 Å². The van der Waals surface area contributed by atoms with Gasteiger partial charge in [-0.3, -0.25) is 14.4 Å². The number of aromatic amines is 1. The van der Waals surface area contributed by atoms with E-state index in [1.807, 2.05) is 18.2 Å². The van der Waals surface area contributed by atoms with Gasteiger partial charge in [0.2, 0.25) is 0 Å². The van der Waals surface area contributed by atoms with Crippen LogP contribution in [0.15, 0.2) is 53.3 Å². The van der Waals surface area contributed by atoms with Gasteiger partial charge in [0, 0.05) is 5.39 Å². The molecule has 3 aromatic rings. The highest BCUT2D eigenvalue weighted by Crippen LogP contribution is 2.29. The second kappa shape index (κ2) is 8.26. The lowest BCUT2D eigenvalue weighted by Crippen LogP contribution is -2.34. The fourth-order valence-electron chi connectivity index (χ4n) is 3.78. The van der Waals surface area contributed by atoms with Gasteiger partial charge < -0.3 is 10.1 Å². The maximum atomic E-state index is 12.3. The van der Waals surface area contributed by atoms with E-state index in [2.05, 4.69) is 21.6 Å². The Morgan fingerprint density at radius 1 is 1.10 bits per heavy atom. The van der Waals surface area contributed by atoms with Gasteiger partial charge >= 0.3 is 5.97 Å². The zero-order valence-corrected chi connectivity index (χ0v) is 15.8. The molecule has 0 aliphatic heterocycles. The monoisotopic (exact) mass is 391 g/mol. The van der Waals surface area contributed by atoms with Gasteiger partial charge in [-0.05, 0) is 36.5 Å². The normalized spacial score (nSPS) is 15.5. The van der Waals surface area contributed by atoms with Crippen molar-refractivity contribution in [2.24, 2.45) is 0 Å². The molecule has 7 nitrogen and oxygen atoms in total. The molecule has 0 bridgehead atoms. The summed E-state index contributed by atoms with van der Waals surface area (Å²) in [5.41, 5.74) is 2.47. The predicted octanol–water partition coefficient (Wildman–Crippen LogP) is 2.20. The molecule has 29 heavy (non-hydrogen) atoms. The van der Waals surface area contributed by atoms with E-state index >= 15 is 0 Å². The number of carbonyl (C=O) groups is 2. The van der Waals surface area contributed by atoms with E-state index in [4.69, 9.17) is 4.74 Å². The zero-order valence-electron chi connectivity index (χ0n) is 15.8. The Morgan fingerprint density at radius 3 is 2.72 bits per heavy atom. The van der Waals surface area contributed by atoms with Gasteiger partial charge in [0.05, 0.1) is 23.5 Å². The first-order valence-corrected chi connectivity index (χ1v) is 9.61. The summed E-state index contributed by atoms with van der Waals surface area (Å²) in [5, 5.41) is 10.3. The van der Waals surface area contributed by atoms with Crippen molar-refractivity contribution in [1.82, 2.24) is 15.5 Å². The lowest BCUT2D eigenvalue weighted by molar-refractivity contribution is -0.148. The van der Waals surface area contributed by atoms with Crippen LogP contribution in [0, 0.1) is 0 Å². The number of ether oxygens (including phenoxy) is 1. The standard InChI is InChI=1S/C22H21N3O4/c26-20(23-18-11-5-7-14-6-1-2-8-15(14)18)13-29-21(27)12-19-16-9-3-4-10-17(16)22(28)25-24-19/h1-4,6,8-10,18H,5,7,11-13H2,(H,23,26)(H,25,28)/t18-/m1/s1. The van der Waals surface area contributed by atoms with Gasteiger partial charge in [0.25, 0.3) is 11.5 Å². The summed E-state index contributed by atoms with van der Waals surface area (Å²) in [6.07, 6.45) is 2.76. The summed E-state index contributed by atoms with van der Waals surface area (Å²) >= 11 is 0. The molecule has 1 aromatic heterocycles. The average molecular weight is 391 g/mol. The minimum atomic E-state index is -0.575. The van der Waals surface area contributed by atoms with Crippen LogP contribution >= 0.6 is 0 Å². The minimum Gasteiger partial charge on any atom is -0.455 e. The Morgan fingerprint density at radius 2 is 1.86 bits per heavy atom. The van der Waals surface area contributed by atoms with E-state index < -0.39 is 5.97 Å². The van der Waals surface area contributed by atoms with Gasteiger partial charge in [0.1, 0.15) is 0 Å². The lowest BCUT2D eigenvalue weighted by atomic mass is 9.88. The number of aryl methyl sites for hydroxylation is 1. The van der Waals surface area contributed by atoms with Crippen LogP contribution in [-0.2, 0) is 27.2 Å². The molecule has 0 saturated carbocycles. The number of benzene rings is 2. The number of fused-ring (bicyclic) bond motifs is 2. The first-order valence-electron chi connectivity index (χ1n) is 9.61. The highest BCUT2D eigenvalue weighted by atomic mass is 16.5. The molecule has 7 heteroatoms. The summed E-state index contributed by atoms with van der Waals surface area (Å²) in [4.78, 5) is 36.3.